The van der Waals surface area contributed by atoms with E-state index in [1.165, 1.54) is 49.5 Å². The van der Waals surface area contributed by atoms with E-state index < -0.39 is 11.6 Å². The van der Waals surface area contributed by atoms with Crippen LogP contribution in [0.2, 0.25) is 0 Å². The number of benzene rings is 2. The molecule has 0 unspecified atom stereocenters. The van der Waals surface area contributed by atoms with Crippen LogP contribution in [-0.2, 0) is 12.8 Å². The fourth-order valence-electron chi connectivity index (χ4n) is 3.42. The third-order valence-electron chi connectivity index (χ3n) is 5.10. The Bertz CT molecular complexity index is 755. The summed E-state index contributed by atoms with van der Waals surface area (Å²) in [5, 5.41) is 12.1. The van der Waals surface area contributed by atoms with Crippen molar-refractivity contribution in [2.24, 2.45) is 0 Å². The molecule has 0 aliphatic carbocycles. The van der Waals surface area contributed by atoms with E-state index in [1.807, 2.05) is 0 Å². The minimum atomic E-state index is -0.730. The number of likely N-dealkylation sites (tertiary alicyclic amines) is 1. The van der Waals surface area contributed by atoms with Crippen molar-refractivity contribution < 1.29 is 14.3 Å². The fraction of sp³-hybridized carbons (Fsp3) is 0.409. The van der Waals surface area contributed by atoms with Gasteiger partial charge in [-0.3, -0.25) is 4.79 Å². The number of hydrogen-bond donors (Lipinski definition) is 2. The minimum Gasteiger partial charge on any atom is -0.505 e. The first-order valence-corrected chi connectivity index (χ1v) is 9.69. The number of phenols is 1. The molecule has 0 atom stereocenters. The second kappa shape index (κ2) is 9.51. The zero-order valence-corrected chi connectivity index (χ0v) is 15.6. The lowest BCUT2D eigenvalue weighted by atomic mass is 10.1. The monoisotopic (exact) mass is 370 g/mol. The highest BCUT2D eigenvalue weighted by molar-refractivity contribution is 5.94. The summed E-state index contributed by atoms with van der Waals surface area (Å²) < 4.78 is 13.0. The maximum atomic E-state index is 13.0. The first-order valence-electron chi connectivity index (χ1n) is 9.69. The van der Waals surface area contributed by atoms with Crippen LogP contribution in [0.3, 0.4) is 0 Å². The summed E-state index contributed by atoms with van der Waals surface area (Å²) >= 11 is 0. The van der Waals surface area contributed by atoms with Crippen LogP contribution in [0.25, 0.3) is 0 Å². The Morgan fingerprint density at radius 2 is 1.67 bits per heavy atom. The number of nitrogens with zero attached hydrogens (tertiary/aromatic N) is 1. The minimum absolute atomic E-state index is 0.252. The van der Waals surface area contributed by atoms with E-state index in [9.17, 15) is 14.3 Å². The quantitative estimate of drug-likeness (QED) is 0.784. The van der Waals surface area contributed by atoms with Crippen molar-refractivity contribution in [3.8, 4) is 5.75 Å². The van der Waals surface area contributed by atoms with Crippen LogP contribution in [0, 0.1) is 5.82 Å². The van der Waals surface area contributed by atoms with Crippen molar-refractivity contribution in [2.45, 2.75) is 32.1 Å². The summed E-state index contributed by atoms with van der Waals surface area (Å²) in [6, 6.07) is 12.2. The lowest BCUT2D eigenvalue weighted by Crippen LogP contribution is -2.31. The SMILES string of the molecule is O=C(NCCc1ccc(CCN2CCCCC2)cc1)c1ccc(F)c(O)c1. The van der Waals surface area contributed by atoms with E-state index >= 15 is 0 Å². The molecule has 5 heteroatoms. The van der Waals surface area contributed by atoms with Crippen molar-refractivity contribution in [1.29, 1.82) is 0 Å². The highest BCUT2D eigenvalue weighted by atomic mass is 19.1. The van der Waals surface area contributed by atoms with E-state index in [4.69, 9.17) is 0 Å². The summed E-state index contributed by atoms with van der Waals surface area (Å²) in [6.07, 6.45) is 5.81. The number of piperidine rings is 1. The molecule has 2 aromatic carbocycles. The summed E-state index contributed by atoms with van der Waals surface area (Å²) in [4.78, 5) is 14.6. The zero-order chi connectivity index (χ0) is 19.1. The number of aromatic hydroxyl groups is 1. The van der Waals surface area contributed by atoms with Crippen molar-refractivity contribution in [3.63, 3.8) is 0 Å². The highest BCUT2D eigenvalue weighted by Crippen LogP contribution is 2.16. The van der Waals surface area contributed by atoms with Gasteiger partial charge in [0.1, 0.15) is 0 Å². The molecule has 0 spiro atoms. The maximum Gasteiger partial charge on any atom is 0.251 e. The van der Waals surface area contributed by atoms with Gasteiger partial charge in [-0.2, -0.15) is 0 Å². The van der Waals surface area contributed by atoms with Crippen molar-refractivity contribution in [2.75, 3.05) is 26.2 Å². The Labute approximate surface area is 160 Å². The second-order valence-electron chi connectivity index (χ2n) is 7.14. The number of nitrogens with one attached hydrogen (secondary N) is 1. The van der Waals surface area contributed by atoms with Gasteiger partial charge in [-0.25, -0.2) is 4.39 Å². The van der Waals surface area contributed by atoms with Crippen LogP contribution in [0.5, 0.6) is 5.75 Å². The van der Waals surface area contributed by atoms with Gasteiger partial charge in [0, 0.05) is 18.7 Å². The van der Waals surface area contributed by atoms with Crippen LogP contribution in [0.15, 0.2) is 42.5 Å². The average molecular weight is 370 g/mol. The Morgan fingerprint density at radius 3 is 2.33 bits per heavy atom. The molecule has 1 fully saturated rings. The summed E-state index contributed by atoms with van der Waals surface area (Å²) in [5.41, 5.74) is 2.76. The van der Waals surface area contributed by atoms with Crippen LogP contribution in [0.4, 0.5) is 4.39 Å². The number of halogens is 1. The summed E-state index contributed by atoms with van der Waals surface area (Å²) in [7, 11) is 0. The van der Waals surface area contributed by atoms with Crippen molar-refractivity contribution in [3.05, 3.63) is 65.0 Å². The normalized spacial score (nSPS) is 14.9. The number of amides is 1. The van der Waals surface area contributed by atoms with Gasteiger partial charge in [0.15, 0.2) is 11.6 Å². The van der Waals surface area contributed by atoms with Crippen LogP contribution in [-0.4, -0.2) is 42.1 Å². The molecule has 2 N–H and O–H groups in total. The number of carbonyl (C=O) groups is 1. The van der Waals surface area contributed by atoms with Crippen LogP contribution in [0.1, 0.15) is 40.7 Å². The van der Waals surface area contributed by atoms with Gasteiger partial charge >= 0.3 is 0 Å². The topological polar surface area (TPSA) is 52.6 Å². The molecule has 1 heterocycles. The predicted octanol–water partition coefficient (Wildman–Crippen LogP) is 3.53. The number of phenolic OH excluding ortho intramolecular Hbond substituents is 1. The molecule has 1 aliphatic heterocycles. The standard InChI is InChI=1S/C22H27FN2O2/c23-20-9-8-19(16-21(20)26)22(27)24-12-10-17-4-6-18(7-5-17)11-15-25-13-2-1-3-14-25/h4-9,16,26H,1-3,10-15H2,(H,24,27). The maximum absolute atomic E-state index is 13.0. The third kappa shape index (κ3) is 5.79. The second-order valence-corrected chi connectivity index (χ2v) is 7.14. The molecule has 1 amide bonds. The van der Waals surface area contributed by atoms with Gasteiger partial charge in [0.25, 0.3) is 5.91 Å². The number of rotatable bonds is 7. The Balaban J connectivity index is 1.41. The highest BCUT2D eigenvalue weighted by Gasteiger charge is 2.10. The summed E-state index contributed by atoms with van der Waals surface area (Å²) in [6.45, 7) is 4.07. The molecule has 0 saturated carbocycles. The van der Waals surface area contributed by atoms with Crippen molar-refractivity contribution >= 4 is 5.91 Å². The van der Waals surface area contributed by atoms with Gasteiger partial charge < -0.3 is 15.3 Å². The van der Waals surface area contributed by atoms with Gasteiger partial charge in [0.2, 0.25) is 0 Å². The van der Waals surface area contributed by atoms with E-state index in [0.717, 1.165) is 31.5 Å². The molecule has 3 rings (SSSR count). The van der Waals surface area contributed by atoms with E-state index in [2.05, 4.69) is 34.5 Å². The number of hydrogen-bond acceptors (Lipinski definition) is 3. The smallest absolute Gasteiger partial charge is 0.251 e. The molecule has 0 radical (unpaired) electrons. The Hall–Kier alpha value is -2.40. The average Bonchev–Trinajstić information content (AvgIpc) is 2.70. The van der Waals surface area contributed by atoms with Gasteiger partial charge in [-0.05, 0) is 68.1 Å². The number of carbonyl (C=O) groups excluding carboxylic acids is 1. The zero-order valence-electron chi connectivity index (χ0n) is 15.6. The fourth-order valence-corrected chi connectivity index (χ4v) is 3.42. The Morgan fingerprint density at radius 1 is 1.00 bits per heavy atom. The molecule has 1 aliphatic rings. The van der Waals surface area contributed by atoms with Gasteiger partial charge in [-0.15, -0.1) is 0 Å². The summed E-state index contributed by atoms with van der Waals surface area (Å²) in [5.74, 6) is -1.56. The molecular weight excluding hydrogens is 343 g/mol. The van der Waals surface area contributed by atoms with E-state index in [-0.39, 0.29) is 11.5 Å². The predicted molar refractivity (Wildman–Crippen MR) is 105 cm³/mol. The van der Waals surface area contributed by atoms with Gasteiger partial charge in [-0.1, -0.05) is 30.7 Å². The first-order chi connectivity index (χ1) is 13.1. The van der Waals surface area contributed by atoms with Crippen LogP contribution >= 0.6 is 0 Å². The molecular formula is C22H27FN2O2. The molecule has 144 valence electrons. The molecule has 0 aromatic heterocycles. The Kier molecular flexibility index (Phi) is 6.82. The lowest BCUT2D eigenvalue weighted by Gasteiger charge is -2.26. The first kappa shape index (κ1) is 19.4. The molecule has 27 heavy (non-hydrogen) atoms. The van der Waals surface area contributed by atoms with E-state index in [0.29, 0.717) is 6.54 Å². The molecule has 2 aromatic rings. The van der Waals surface area contributed by atoms with E-state index in [1.54, 1.807) is 0 Å². The third-order valence-corrected chi connectivity index (χ3v) is 5.10. The van der Waals surface area contributed by atoms with Crippen molar-refractivity contribution in [1.82, 2.24) is 10.2 Å². The largest absolute Gasteiger partial charge is 0.505 e. The molecule has 1 saturated heterocycles. The molecule has 0 bridgehead atoms. The van der Waals surface area contributed by atoms with Crippen LogP contribution < -0.4 is 5.32 Å². The molecule has 4 nitrogen and oxygen atoms in total. The lowest BCUT2D eigenvalue weighted by molar-refractivity contribution is 0.0953. The van der Waals surface area contributed by atoms with Gasteiger partial charge in [0.05, 0.1) is 0 Å².